The Hall–Kier alpha value is -0.610. The first-order valence-corrected chi connectivity index (χ1v) is 7.63. The largest absolute Gasteiger partial charge is 0.352 e. The highest BCUT2D eigenvalue weighted by molar-refractivity contribution is 9.11. The second-order valence-corrected chi connectivity index (χ2v) is 6.25. The van der Waals surface area contributed by atoms with Gasteiger partial charge in [0.25, 0.3) is 5.91 Å². The Balaban J connectivity index is 1.95. The highest BCUT2D eigenvalue weighted by Gasteiger charge is 2.14. The number of halogens is 2. The lowest BCUT2D eigenvalue weighted by atomic mass is 9.94. The van der Waals surface area contributed by atoms with E-state index in [4.69, 9.17) is 0 Å². The maximum absolute atomic E-state index is 12.1. The average Bonchev–Trinajstić information content (AvgIpc) is 2.40. The zero-order chi connectivity index (χ0) is 13.0. The van der Waals surface area contributed by atoms with E-state index < -0.39 is 0 Å². The van der Waals surface area contributed by atoms with Crippen molar-refractivity contribution in [2.75, 3.05) is 6.54 Å². The molecule has 96 valence electrons. The smallest absolute Gasteiger partial charge is 0.252 e. The van der Waals surface area contributed by atoms with E-state index >= 15 is 0 Å². The number of hydrogen-bond acceptors (Lipinski definition) is 1. The van der Waals surface area contributed by atoms with Gasteiger partial charge in [0.15, 0.2) is 0 Å². The van der Waals surface area contributed by atoms with Crippen molar-refractivity contribution < 1.29 is 4.79 Å². The van der Waals surface area contributed by atoms with Gasteiger partial charge in [-0.1, -0.05) is 28.1 Å². The maximum atomic E-state index is 12.1. The monoisotopic (exact) mass is 371 g/mol. The van der Waals surface area contributed by atoms with Crippen molar-refractivity contribution in [3.63, 3.8) is 0 Å². The van der Waals surface area contributed by atoms with Gasteiger partial charge < -0.3 is 5.32 Å². The third-order valence-electron chi connectivity index (χ3n) is 3.10. The second-order valence-electron chi connectivity index (χ2n) is 4.48. The van der Waals surface area contributed by atoms with Gasteiger partial charge in [0, 0.05) is 15.5 Å². The fourth-order valence-electron chi connectivity index (χ4n) is 2.05. The number of carbonyl (C=O) groups is 1. The quantitative estimate of drug-likeness (QED) is 0.787. The molecule has 0 heterocycles. The Morgan fingerprint density at radius 2 is 2.17 bits per heavy atom. The molecule has 0 radical (unpaired) electrons. The van der Waals surface area contributed by atoms with Crippen LogP contribution in [0.2, 0.25) is 0 Å². The molecule has 1 atom stereocenters. The minimum atomic E-state index is -0.0160. The predicted molar refractivity (Wildman–Crippen MR) is 80.7 cm³/mol. The molecule has 1 aromatic carbocycles. The molecular weight excluding hydrogens is 358 g/mol. The number of allylic oxidation sites excluding steroid dienone is 2. The molecule has 0 saturated heterocycles. The van der Waals surface area contributed by atoms with Crippen LogP contribution in [0.3, 0.4) is 0 Å². The number of benzene rings is 1. The van der Waals surface area contributed by atoms with Gasteiger partial charge in [0.1, 0.15) is 0 Å². The summed E-state index contributed by atoms with van der Waals surface area (Å²) in [6, 6.07) is 5.62. The molecule has 18 heavy (non-hydrogen) atoms. The summed E-state index contributed by atoms with van der Waals surface area (Å²) in [4.78, 5) is 12.1. The van der Waals surface area contributed by atoms with Gasteiger partial charge in [-0.2, -0.15) is 0 Å². The van der Waals surface area contributed by atoms with Gasteiger partial charge in [0.2, 0.25) is 0 Å². The fourth-order valence-corrected chi connectivity index (χ4v) is 2.83. The number of amides is 1. The summed E-state index contributed by atoms with van der Waals surface area (Å²) in [5.41, 5.74) is 0.677. The van der Waals surface area contributed by atoms with Crippen molar-refractivity contribution in [3.8, 4) is 0 Å². The van der Waals surface area contributed by atoms with Crippen LogP contribution >= 0.6 is 31.9 Å². The first kappa shape index (κ1) is 13.8. The van der Waals surface area contributed by atoms with E-state index in [1.807, 2.05) is 18.2 Å². The van der Waals surface area contributed by atoms with Crippen LogP contribution in [0.5, 0.6) is 0 Å². The lowest BCUT2D eigenvalue weighted by Gasteiger charge is -2.18. The molecular formula is C14H15Br2NO. The standard InChI is InChI=1S/C14H15Br2NO/c15-11-6-7-13(16)12(8-11)14(18)17-9-10-4-2-1-3-5-10/h1-2,6-8,10H,3-5,9H2,(H,17,18). The normalized spacial score (nSPS) is 18.7. The zero-order valence-corrected chi connectivity index (χ0v) is 13.1. The molecule has 0 aliphatic heterocycles. The molecule has 0 bridgehead atoms. The summed E-state index contributed by atoms with van der Waals surface area (Å²) in [6.45, 7) is 0.752. The first-order chi connectivity index (χ1) is 8.66. The minimum absolute atomic E-state index is 0.0160. The van der Waals surface area contributed by atoms with Crippen molar-refractivity contribution >= 4 is 37.8 Å². The van der Waals surface area contributed by atoms with Gasteiger partial charge >= 0.3 is 0 Å². The Kier molecular flexibility index (Phi) is 5.01. The number of hydrogen-bond donors (Lipinski definition) is 1. The van der Waals surface area contributed by atoms with Crippen LogP contribution in [0.4, 0.5) is 0 Å². The molecule has 1 N–H and O–H groups in total. The van der Waals surface area contributed by atoms with Gasteiger partial charge in [-0.15, -0.1) is 0 Å². The number of nitrogens with one attached hydrogen (secondary N) is 1. The van der Waals surface area contributed by atoms with Crippen LogP contribution in [0, 0.1) is 5.92 Å². The lowest BCUT2D eigenvalue weighted by molar-refractivity contribution is 0.0945. The fraction of sp³-hybridized carbons (Fsp3) is 0.357. The van der Waals surface area contributed by atoms with Gasteiger partial charge in [-0.3, -0.25) is 4.79 Å². The highest BCUT2D eigenvalue weighted by Crippen LogP contribution is 2.22. The summed E-state index contributed by atoms with van der Waals surface area (Å²) in [7, 11) is 0. The average molecular weight is 373 g/mol. The Morgan fingerprint density at radius 3 is 2.89 bits per heavy atom. The topological polar surface area (TPSA) is 29.1 Å². The molecule has 0 fully saturated rings. The summed E-state index contributed by atoms with van der Waals surface area (Å²) < 4.78 is 1.74. The van der Waals surface area contributed by atoms with Crippen molar-refractivity contribution in [1.29, 1.82) is 0 Å². The van der Waals surface area contributed by atoms with E-state index in [0.29, 0.717) is 11.5 Å². The molecule has 2 nitrogen and oxygen atoms in total. The summed E-state index contributed by atoms with van der Waals surface area (Å²) >= 11 is 6.79. The van der Waals surface area contributed by atoms with E-state index in [9.17, 15) is 4.79 Å². The molecule has 0 spiro atoms. The van der Waals surface area contributed by atoms with Crippen LogP contribution < -0.4 is 5.32 Å². The summed E-state index contributed by atoms with van der Waals surface area (Å²) in [5.74, 6) is 0.558. The van der Waals surface area contributed by atoms with Gasteiger partial charge in [-0.25, -0.2) is 0 Å². The Bertz CT molecular complexity index is 471. The Labute approximate surface area is 124 Å². The molecule has 0 saturated carbocycles. The van der Waals surface area contributed by atoms with E-state index in [2.05, 4.69) is 49.3 Å². The molecule has 1 aliphatic rings. The van der Waals surface area contributed by atoms with Crippen LogP contribution in [0.15, 0.2) is 39.3 Å². The molecule has 1 amide bonds. The highest BCUT2D eigenvalue weighted by atomic mass is 79.9. The van der Waals surface area contributed by atoms with E-state index in [-0.39, 0.29) is 5.91 Å². The Morgan fingerprint density at radius 1 is 1.33 bits per heavy atom. The lowest BCUT2D eigenvalue weighted by Crippen LogP contribution is -2.29. The van der Waals surface area contributed by atoms with E-state index in [1.165, 1.54) is 0 Å². The molecule has 1 aliphatic carbocycles. The zero-order valence-electron chi connectivity index (χ0n) is 9.96. The predicted octanol–water partition coefficient (Wildman–Crippen LogP) is 4.30. The van der Waals surface area contributed by atoms with Crippen molar-refractivity contribution in [2.24, 2.45) is 5.92 Å². The van der Waals surface area contributed by atoms with Crippen LogP contribution in [0.1, 0.15) is 29.6 Å². The van der Waals surface area contributed by atoms with Gasteiger partial charge in [0.05, 0.1) is 5.56 Å². The van der Waals surface area contributed by atoms with Crippen LogP contribution in [-0.2, 0) is 0 Å². The molecule has 1 unspecified atom stereocenters. The van der Waals surface area contributed by atoms with Crippen molar-refractivity contribution in [3.05, 3.63) is 44.9 Å². The maximum Gasteiger partial charge on any atom is 0.252 e. The van der Waals surface area contributed by atoms with Crippen LogP contribution in [0.25, 0.3) is 0 Å². The molecule has 0 aromatic heterocycles. The third-order valence-corrected chi connectivity index (χ3v) is 4.29. The third kappa shape index (κ3) is 3.69. The molecule has 4 heteroatoms. The minimum Gasteiger partial charge on any atom is -0.352 e. The number of rotatable bonds is 3. The molecule has 1 aromatic rings. The number of carbonyl (C=O) groups excluding carboxylic acids is 1. The second kappa shape index (κ2) is 6.53. The first-order valence-electron chi connectivity index (χ1n) is 6.05. The van der Waals surface area contributed by atoms with Crippen molar-refractivity contribution in [1.82, 2.24) is 5.32 Å². The van der Waals surface area contributed by atoms with Crippen LogP contribution in [-0.4, -0.2) is 12.5 Å². The molecule has 2 rings (SSSR count). The van der Waals surface area contributed by atoms with Gasteiger partial charge in [-0.05, 0) is 59.3 Å². The van der Waals surface area contributed by atoms with E-state index in [0.717, 1.165) is 34.8 Å². The SMILES string of the molecule is O=C(NCC1CC=CCC1)c1cc(Br)ccc1Br. The summed E-state index contributed by atoms with van der Waals surface area (Å²) in [5, 5.41) is 3.01. The van der Waals surface area contributed by atoms with Crippen molar-refractivity contribution in [2.45, 2.75) is 19.3 Å². The van der Waals surface area contributed by atoms with E-state index in [1.54, 1.807) is 0 Å². The summed E-state index contributed by atoms with van der Waals surface area (Å²) in [6.07, 6.45) is 7.77.